The van der Waals surface area contributed by atoms with Crippen molar-refractivity contribution in [2.45, 2.75) is 17.4 Å². The van der Waals surface area contributed by atoms with Crippen molar-refractivity contribution in [3.63, 3.8) is 0 Å². The smallest absolute Gasteiger partial charge is 0.238 e. The van der Waals surface area contributed by atoms with Gasteiger partial charge in [-0.25, -0.2) is 18.1 Å². The molecule has 2 aromatic carbocycles. The fraction of sp³-hybridized carbons (Fsp3) is 0.148. The average molecular weight is 515 g/mol. The molecule has 0 amide bonds. The lowest BCUT2D eigenvalue weighted by Crippen LogP contribution is -2.30. The minimum atomic E-state index is -3.73. The maximum atomic E-state index is 13.8. The summed E-state index contributed by atoms with van der Waals surface area (Å²) >= 11 is 0. The Bertz CT molecular complexity index is 1660. The zero-order valence-corrected chi connectivity index (χ0v) is 21.0. The van der Waals surface area contributed by atoms with E-state index in [2.05, 4.69) is 15.5 Å². The molecule has 9 nitrogen and oxygen atoms in total. The highest BCUT2D eigenvalue weighted by molar-refractivity contribution is 7.89. The first-order chi connectivity index (χ1) is 17.8. The van der Waals surface area contributed by atoms with Crippen LogP contribution in [0.2, 0.25) is 0 Å². The lowest BCUT2D eigenvalue weighted by atomic mass is 9.97. The van der Waals surface area contributed by atoms with Crippen molar-refractivity contribution in [3.8, 4) is 11.1 Å². The van der Waals surface area contributed by atoms with E-state index < -0.39 is 16.1 Å². The largest absolute Gasteiger partial charge is 0.303 e. The number of sulfonamides is 1. The van der Waals surface area contributed by atoms with Crippen LogP contribution < -0.4 is 10.5 Å². The molecular weight excluding hydrogens is 488 g/mol. The predicted octanol–water partition coefficient (Wildman–Crippen LogP) is 3.14. The molecule has 3 aromatic heterocycles. The average Bonchev–Trinajstić information content (AvgIpc) is 3.52. The van der Waals surface area contributed by atoms with E-state index in [1.54, 1.807) is 33.7 Å². The summed E-state index contributed by atoms with van der Waals surface area (Å²) in [7, 11) is -1.87. The zero-order valence-electron chi connectivity index (χ0n) is 20.2. The molecule has 0 bridgehead atoms. The summed E-state index contributed by atoms with van der Waals surface area (Å²) < 4.78 is 26.4. The topological polar surface area (TPSA) is 124 Å². The lowest BCUT2D eigenvalue weighted by Gasteiger charge is -2.18. The Balaban J connectivity index is 1.37. The first-order valence-electron chi connectivity index (χ1n) is 11.7. The van der Waals surface area contributed by atoms with Crippen LogP contribution in [0.4, 0.5) is 0 Å². The molecule has 0 radical (unpaired) electrons. The predicted molar refractivity (Wildman–Crippen MR) is 140 cm³/mol. The highest BCUT2D eigenvalue weighted by Gasteiger charge is 2.24. The Morgan fingerprint density at radius 1 is 0.946 bits per heavy atom. The molecule has 0 unspecified atom stereocenters. The van der Waals surface area contributed by atoms with E-state index in [-0.39, 0.29) is 10.7 Å². The summed E-state index contributed by atoms with van der Waals surface area (Å²) in [5.74, 6) is -0.0834. The van der Waals surface area contributed by atoms with Crippen molar-refractivity contribution in [1.82, 2.24) is 24.7 Å². The summed E-state index contributed by atoms with van der Waals surface area (Å²) in [6, 6.07) is 19.3. The van der Waals surface area contributed by atoms with Gasteiger partial charge in [0.1, 0.15) is 0 Å². The van der Waals surface area contributed by atoms with E-state index in [4.69, 9.17) is 5.14 Å². The van der Waals surface area contributed by atoms with Crippen molar-refractivity contribution in [2.75, 3.05) is 6.54 Å². The SMILES string of the molecule is Cn1cc(-c2ccc3c(C(=O)[C@@H](NCCc4ccc(S(N)(=O)=O)cc4)c4ccccc4)cnn3c2)cn1. The highest BCUT2D eigenvalue weighted by Crippen LogP contribution is 2.25. The maximum absolute atomic E-state index is 13.8. The van der Waals surface area contributed by atoms with Crippen LogP contribution in [0.1, 0.15) is 27.5 Å². The first kappa shape index (κ1) is 24.6. The summed E-state index contributed by atoms with van der Waals surface area (Å²) in [4.78, 5) is 13.8. The Kier molecular flexibility index (Phi) is 6.70. The Labute approximate surface area is 214 Å². The number of fused-ring (bicyclic) bond motifs is 1. The number of benzene rings is 2. The molecule has 0 fully saturated rings. The Morgan fingerprint density at radius 2 is 1.70 bits per heavy atom. The first-order valence-corrected chi connectivity index (χ1v) is 13.2. The second-order valence-corrected chi connectivity index (χ2v) is 10.4. The van der Waals surface area contributed by atoms with E-state index in [1.165, 1.54) is 12.1 Å². The van der Waals surface area contributed by atoms with Gasteiger partial charge >= 0.3 is 0 Å². The molecule has 5 rings (SSSR count). The van der Waals surface area contributed by atoms with Gasteiger partial charge in [0.2, 0.25) is 10.0 Å². The Hall–Kier alpha value is -4.12. The van der Waals surface area contributed by atoms with Crippen LogP contribution in [-0.2, 0) is 23.5 Å². The summed E-state index contributed by atoms with van der Waals surface area (Å²) in [5.41, 5.74) is 4.94. The number of hydrogen-bond donors (Lipinski definition) is 2. The monoisotopic (exact) mass is 514 g/mol. The number of nitrogens with two attached hydrogens (primary N) is 1. The third-order valence-corrected chi connectivity index (χ3v) is 7.16. The van der Waals surface area contributed by atoms with Crippen LogP contribution in [0, 0.1) is 0 Å². The molecular formula is C27H26N6O3S. The lowest BCUT2D eigenvalue weighted by molar-refractivity contribution is 0.0945. The van der Waals surface area contributed by atoms with Crippen molar-refractivity contribution >= 4 is 21.3 Å². The molecule has 3 N–H and O–H groups in total. The van der Waals surface area contributed by atoms with E-state index >= 15 is 0 Å². The molecule has 1 atom stereocenters. The van der Waals surface area contributed by atoms with E-state index in [1.807, 2.05) is 61.9 Å². The highest BCUT2D eigenvalue weighted by atomic mass is 32.2. The number of Topliss-reactive ketones (excluding diaryl/α,β-unsaturated/α-hetero) is 1. The molecule has 37 heavy (non-hydrogen) atoms. The maximum Gasteiger partial charge on any atom is 0.238 e. The van der Waals surface area contributed by atoms with Gasteiger partial charge in [-0.15, -0.1) is 0 Å². The van der Waals surface area contributed by atoms with Crippen molar-refractivity contribution < 1.29 is 13.2 Å². The number of rotatable bonds is 9. The van der Waals surface area contributed by atoms with E-state index in [0.717, 1.165) is 27.8 Å². The summed E-state index contributed by atoms with van der Waals surface area (Å²) in [6.45, 7) is 0.504. The van der Waals surface area contributed by atoms with Crippen LogP contribution >= 0.6 is 0 Å². The Morgan fingerprint density at radius 3 is 2.38 bits per heavy atom. The van der Waals surface area contributed by atoms with Gasteiger partial charge in [-0.2, -0.15) is 10.2 Å². The number of nitrogens with one attached hydrogen (secondary N) is 1. The number of aryl methyl sites for hydroxylation is 1. The van der Waals surface area contributed by atoms with Crippen molar-refractivity contribution in [3.05, 3.63) is 108 Å². The van der Waals surface area contributed by atoms with Crippen molar-refractivity contribution in [2.24, 2.45) is 12.2 Å². The standard InChI is InChI=1S/C27H26N6O3S/c1-32-17-22(15-30-32)21-9-12-25-24(16-31-33(25)18-21)27(34)26(20-5-3-2-4-6-20)29-14-13-19-7-10-23(11-8-19)37(28,35)36/h2-12,15-18,26,29H,13-14H2,1H3,(H2,28,35,36)/t26-/m0/s1. The van der Waals surface area contributed by atoms with Gasteiger partial charge in [0.15, 0.2) is 5.78 Å². The molecule has 5 aromatic rings. The third kappa shape index (κ3) is 5.36. The van der Waals surface area contributed by atoms with Gasteiger partial charge in [0.25, 0.3) is 0 Å². The number of pyridine rings is 1. The number of primary sulfonamides is 1. The molecule has 188 valence electrons. The number of carbonyl (C=O) groups excluding carboxylic acids is 1. The second-order valence-electron chi connectivity index (χ2n) is 8.81. The second kappa shape index (κ2) is 10.1. The minimum Gasteiger partial charge on any atom is -0.303 e. The summed E-state index contributed by atoms with van der Waals surface area (Å²) in [6.07, 6.45) is 7.81. The third-order valence-electron chi connectivity index (χ3n) is 6.23. The van der Waals surface area contributed by atoms with E-state index in [9.17, 15) is 13.2 Å². The number of nitrogens with zero attached hydrogens (tertiary/aromatic N) is 4. The number of carbonyl (C=O) groups is 1. The van der Waals surface area contributed by atoms with Gasteiger partial charge in [-0.1, -0.05) is 48.5 Å². The van der Waals surface area contributed by atoms with Crippen LogP contribution in [0.3, 0.4) is 0 Å². The zero-order chi connectivity index (χ0) is 26.0. The number of hydrogen-bond acceptors (Lipinski definition) is 6. The van der Waals surface area contributed by atoms with Crippen molar-refractivity contribution in [1.29, 1.82) is 0 Å². The van der Waals surface area contributed by atoms with Crippen LogP contribution in [-0.4, -0.2) is 40.1 Å². The van der Waals surface area contributed by atoms with Gasteiger partial charge in [-0.3, -0.25) is 9.48 Å². The van der Waals surface area contributed by atoms with Gasteiger partial charge in [0, 0.05) is 37.1 Å². The number of ketones is 1. The van der Waals surface area contributed by atoms with Crippen LogP contribution in [0.5, 0.6) is 0 Å². The molecule has 0 aliphatic carbocycles. The molecule has 3 heterocycles. The number of aromatic nitrogens is 4. The molecule has 0 saturated heterocycles. The molecule has 0 saturated carbocycles. The fourth-order valence-corrected chi connectivity index (χ4v) is 4.80. The quantitative estimate of drug-likeness (QED) is 0.291. The van der Waals surface area contributed by atoms with Crippen LogP contribution in [0.15, 0.2) is 96.4 Å². The molecule has 0 spiro atoms. The van der Waals surface area contributed by atoms with Gasteiger partial charge < -0.3 is 5.32 Å². The fourth-order valence-electron chi connectivity index (χ4n) is 4.28. The normalized spacial score (nSPS) is 12.6. The van der Waals surface area contributed by atoms with Gasteiger partial charge in [0.05, 0.1) is 34.4 Å². The summed E-state index contributed by atoms with van der Waals surface area (Å²) in [5, 5.41) is 17.2. The van der Waals surface area contributed by atoms with E-state index in [0.29, 0.717) is 18.5 Å². The van der Waals surface area contributed by atoms with Crippen LogP contribution in [0.25, 0.3) is 16.6 Å². The molecule has 10 heteroatoms. The minimum absolute atomic E-state index is 0.0707. The molecule has 0 aliphatic heterocycles. The van der Waals surface area contributed by atoms with Gasteiger partial charge in [-0.05, 0) is 35.7 Å². The molecule has 0 aliphatic rings.